The van der Waals surface area contributed by atoms with Gasteiger partial charge in [-0.2, -0.15) is 0 Å². The number of carbonyl (C=O) groups excluding carboxylic acids is 4. The molecule has 0 bridgehead atoms. The Morgan fingerprint density at radius 1 is 1.25 bits per heavy atom. The van der Waals surface area contributed by atoms with Gasteiger partial charge in [0, 0.05) is 29.3 Å². The summed E-state index contributed by atoms with van der Waals surface area (Å²) < 4.78 is 12.4. The molecule has 17 heteroatoms. The van der Waals surface area contributed by atoms with Crippen LogP contribution in [0.3, 0.4) is 0 Å². The van der Waals surface area contributed by atoms with Gasteiger partial charge in [0.2, 0.25) is 6.79 Å². The van der Waals surface area contributed by atoms with E-state index in [4.69, 9.17) is 20.0 Å². The SMILES string of the molecule is CON=C(C(=O)N[C@H]1C(=O)N2C(C(=O)OCOC(=O)C(C)(C)C)=C(CSc3cccc4nccn34)CS[C@@H]12)c1csc(N)n1. The van der Waals surface area contributed by atoms with Gasteiger partial charge in [-0.1, -0.05) is 11.2 Å². The molecule has 3 aromatic rings. The summed E-state index contributed by atoms with van der Waals surface area (Å²) in [5, 5.41) is 8.53. The van der Waals surface area contributed by atoms with Gasteiger partial charge in [0.25, 0.3) is 11.8 Å². The Balaban J connectivity index is 1.36. The molecule has 1 fully saturated rings. The highest BCUT2D eigenvalue weighted by atomic mass is 32.2. The number of rotatable bonds is 10. The van der Waals surface area contributed by atoms with Crippen molar-refractivity contribution >= 4 is 75.1 Å². The quantitative estimate of drug-likeness (QED) is 0.0811. The molecule has 3 aromatic heterocycles. The first-order valence-electron chi connectivity index (χ1n) is 13.2. The molecule has 232 valence electrons. The summed E-state index contributed by atoms with van der Waals surface area (Å²) in [6.07, 6.45) is 3.53. The Hall–Kier alpha value is -4.09. The molecule has 5 rings (SSSR count). The molecule has 0 unspecified atom stereocenters. The van der Waals surface area contributed by atoms with E-state index < -0.39 is 47.4 Å². The second-order valence-electron chi connectivity index (χ2n) is 10.5. The number of amides is 2. The van der Waals surface area contributed by atoms with Gasteiger partial charge < -0.3 is 25.4 Å². The number of thiazole rings is 1. The molecule has 0 saturated carbocycles. The van der Waals surface area contributed by atoms with E-state index in [-0.39, 0.29) is 22.2 Å². The molecule has 0 spiro atoms. The normalized spacial score (nSPS) is 18.5. The summed E-state index contributed by atoms with van der Waals surface area (Å²) in [7, 11) is 1.28. The van der Waals surface area contributed by atoms with Crippen molar-refractivity contribution in [3.05, 3.63) is 52.9 Å². The minimum Gasteiger partial charge on any atom is -0.427 e. The number of aromatic nitrogens is 3. The molecule has 1 saturated heterocycles. The molecular weight excluding hydrogens is 631 g/mol. The number of hydrogen-bond donors (Lipinski definition) is 2. The van der Waals surface area contributed by atoms with E-state index in [2.05, 4.69) is 20.4 Å². The molecule has 2 atom stereocenters. The molecule has 2 amide bonds. The van der Waals surface area contributed by atoms with Crippen molar-refractivity contribution in [1.82, 2.24) is 24.6 Å². The lowest BCUT2D eigenvalue weighted by molar-refractivity contribution is -0.173. The summed E-state index contributed by atoms with van der Waals surface area (Å²) >= 11 is 3.99. The maximum atomic E-state index is 13.5. The number of nitrogens with two attached hydrogens (primary N) is 1. The number of pyridine rings is 1. The maximum absolute atomic E-state index is 13.5. The van der Waals surface area contributed by atoms with Crippen molar-refractivity contribution in [2.45, 2.75) is 37.2 Å². The maximum Gasteiger partial charge on any atom is 0.357 e. The monoisotopic (exact) mass is 659 g/mol. The summed E-state index contributed by atoms with van der Waals surface area (Å²) in [5.74, 6) is -1.82. The molecule has 0 aliphatic carbocycles. The Bertz CT molecular complexity index is 1680. The Kier molecular flexibility index (Phi) is 9.17. The third-order valence-corrected chi connectivity index (χ3v) is 9.60. The van der Waals surface area contributed by atoms with Crippen LogP contribution in [0.15, 0.2) is 57.4 Å². The van der Waals surface area contributed by atoms with Crippen LogP contribution < -0.4 is 11.1 Å². The van der Waals surface area contributed by atoms with Crippen LogP contribution in [-0.2, 0) is 33.5 Å². The highest BCUT2D eigenvalue weighted by molar-refractivity contribution is 8.01. The molecule has 5 heterocycles. The van der Waals surface area contributed by atoms with Gasteiger partial charge in [0.05, 0.1) is 10.4 Å². The molecule has 3 N–H and O–H groups in total. The predicted molar refractivity (Wildman–Crippen MR) is 165 cm³/mol. The van der Waals surface area contributed by atoms with Crippen molar-refractivity contribution in [2.75, 3.05) is 31.1 Å². The van der Waals surface area contributed by atoms with Crippen molar-refractivity contribution in [3.63, 3.8) is 0 Å². The summed E-state index contributed by atoms with van der Waals surface area (Å²) in [6, 6.07) is 4.74. The third-order valence-electron chi connectivity index (χ3n) is 6.47. The summed E-state index contributed by atoms with van der Waals surface area (Å²) in [6.45, 7) is 4.43. The third kappa shape index (κ3) is 6.39. The Morgan fingerprint density at radius 2 is 2.05 bits per heavy atom. The van der Waals surface area contributed by atoms with Crippen LogP contribution in [0.5, 0.6) is 0 Å². The van der Waals surface area contributed by atoms with E-state index in [9.17, 15) is 19.2 Å². The number of nitrogens with zero attached hydrogens (tertiary/aromatic N) is 5. The Labute approximate surface area is 264 Å². The lowest BCUT2D eigenvalue weighted by Crippen LogP contribution is -2.71. The number of hydrogen-bond acceptors (Lipinski definition) is 14. The van der Waals surface area contributed by atoms with Gasteiger partial charge in [-0.05, 0) is 38.5 Å². The van der Waals surface area contributed by atoms with Gasteiger partial charge in [-0.15, -0.1) is 34.9 Å². The van der Waals surface area contributed by atoms with Crippen LogP contribution in [0, 0.1) is 5.41 Å². The summed E-state index contributed by atoms with van der Waals surface area (Å²) in [5.41, 5.74) is 6.45. The molecule has 44 heavy (non-hydrogen) atoms. The van der Waals surface area contributed by atoms with Crippen molar-refractivity contribution in [3.8, 4) is 0 Å². The number of anilines is 1. The van der Waals surface area contributed by atoms with Gasteiger partial charge in [-0.3, -0.25) is 23.7 Å². The first-order valence-corrected chi connectivity index (χ1v) is 16.1. The smallest absolute Gasteiger partial charge is 0.357 e. The second-order valence-corrected chi connectivity index (χ2v) is 13.5. The number of imidazole rings is 1. The lowest BCUT2D eigenvalue weighted by Gasteiger charge is -2.49. The van der Waals surface area contributed by atoms with Crippen LogP contribution in [-0.4, -0.2) is 85.6 Å². The minimum absolute atomic E-state index is 0.0550. The fraction of sp³-hybridized carbons (Fsp3) is 0.370. The average Bonchev–Trinajstić information content (AvgIpc) is 3.65. The highest BCUT2D eigenvalue weighted by Gasteiger charge is 2.54. The van der Waals surface area contributed by atoms with Crippen LogP contribution in [0.25, 0.3) is 5.65 Å². The van der Waals surface area contributed by atoms with E-state index in [0.717, 1.165) is 22.0 Å². The first-order chi connectivity index (χ1) is 21.0. The lowest BCUT2D eigenvalue weighted by atomic mass is 9.98. The van der Waals surface area contributed by atoms with Crippen LogP contribution in [0.2, 0.25) is 0 Å². The molecule has 2 aliphatic rings. The van der Waals surface area contributed by atoms with Gasteiger partial charge in [0.1, 0.15) is 35.6 Å². The van der Waals surface area contributed by atoms with Gasteiger partial charge in [0.15, 0.2) is 10.8 Å². The number of carbonyl (C=O) groups is 4. The minimum atomic E-state index is -0.957. The average molecular weight is 660 g/mol. The van der Waals surface area contributed by atoms with Gasteiger partial charge in [-0.25, -0.2) is 14.8 Å². The van der Waals surface area contributed by atoms with Crippen molar-refractivity contribution in [2.24, 2.45) is 10.6 Å². The number of thioether (sulfide) groups is 2. The topological polar surface area (TPSA) is 180 Å². The zero-order valence-electron chi connectivity index (χ0n) is 24.1. The Morgan fingerprint density at radius 3 is 2.75 bits per heavy atom. The zero-order valence-corrected chi connectivity index (χ0v) is 26.6. The first kappa shape index (κ1) is 31.3. The number of esters is 2. The van der Waals surface area contributed by atoms with E-state index in [0.29, 0.717) is 17.1 Å². The number of oxime groups is 1. The molecule has 2 aliphatic heterocycles. The predicted octanol–water partition coefficient (Wildman–Crippen LogP) is 2.26. The molecule has 0 aromatic carbocycles. The van der Waals surface area contributed by atoms with Crippen molar-refractivity contribution < 1.29 is 33.5 Å². The number of nitrogens with one attached hydrogen (secondary N) is 1. The number of nitrogen functional groups attached to an aromatic ring is 1. The summed E-state index contributed by atoms with van der Waals surface area (Å²) in [4.78, 5) is 66.7. The van der Waals surface area contributed by atoms with Crippen LogP contribution in [0.1, 0.15) is 26.5 Å². The number of ether oxygens (including phenoxy) is 2. The molecular formula is C27H29N7O7S3. The van der Waals surface area contributed by atoms with Gasteiger partial charge >= 0.3 is 11.9 Å². The van der Waals surface area contributed by atoms with E-state index in [1.807, 2.05) is 28.8 Å². The molecule has 0 radical (unpaired) electrons. The largest absolute Gasteiger partial charge is 0.427 e. The van der Waals surface area contributed by atoms with Crippen LogP contribution in [0.4, 0.5) is 5.13 Å². The highest BCUT2D eigenvalue weighted by Crippen LogP contribution is 2.42. The molecule has 14 nitrogen and oxygen atoms in total. The number of fused-ring (bicyclic) bond motifs is 2. The fourth-order valence-corrected chi connectivity index (χ4v) is 7.36. The van der Waals surface area contributed by atoms with E-state index >= 15 is 0 Å². The van der Waals surface area contributed by atoms with E-state index in [1.54, 1.807) is 32.3 Å². The van der Waals surface area contributed by atoms with Crippen molar-refractivity contribution in [1.29, 1.82) is 0 Å². The standard InChI is InChI=1S/C27H29N7O7S3/c1-27(2,3)25(38)41-13-40-24(37)20-14(10-42-17-7-5-6-16-29-8-9-33(16)17)11-43-23-19(22(36)34(20)23)31-21(35)18(32-39-4)15-12-44-26(28)30-15/h5-9,12,19,23H,10-11,13H2,1-4H3,(H2,28,30)(H,31,35)/t19-,23-/m0/s1. The van der Waals surface area contributed by atoms with E-state index in [1.165, 1.54) is 35.5 Å². The number of β-lactam (4-membered cyclic amide) rings is 1. The van der Waals surface area contributed by atoms with Crippen LogP contribution >= 0.6 is 34.9 Å². The second kappa shape index (κ2) is 12.9. The zero-order chi connectivity index (χ0) is 31.6. The fourth-order valence-electron chi connectivity index (χ4n) is 4.31.